The van der Waals surface area contributed by atoms with Gasteiger partial charge in [0.05, 0.1) is 13.2 Å². The van der Waals surface area contributed by atoms with Gasteiger partial charge >= 0.3 is 5.97 Å². The third-order valence-electron chi connectivity index (χ3n) is 3.70. The molecule has 21 heavy (non-hydrogen) atoms. The molecule has 0 amide bonds. The van der Waals surface area contributed by atoms with Crippen LogP contribution in [-0.4, -0.2) is 37.5 Å². The Morgan fingerprint density at radius 3 is 1.90 bits per heavy atom. The Labute approximate surface area is 130 Å². The molecule has 0 radical (unpaired) electrons. The summed E-state index contributed by atoms with van der Waals surface area (Å²) in [6.07, 6.45) is 12.5. The lowest BCUT2D eigenvalue weighted by molar-refractivity contribution is -0.151. The van der Waals surface area contributed by atoms with Crippen molar-refractivity contribution < 1.29 is 19.4 Å². The van der Waals surface area contributed by atoms with E-state index < -0.39 is 12.1 Å². The Morgan fingerprint density at radius 1 is 0.905 bits per heavy atom. The van der Waals surface area contributed by atoms with Gasteiger partial charge in [-0.25, -0.2) is 4.79 Å². The molecule has 4 heteroatoms. The maximum atomic E-state index is 11.0. The van der Waals surface area contributed by atoms with E-state index in [0.29, 0.717) is 19.6 Å². The predicted molar refractivity (Wildman–Crippen MR) is 85.7 cm³/mol. The smallest absolute Gasteiger partial charge is 0.332 e. The molecular formula is C17H34O4. The molecule has 0 fully saturated rings. The molecule has 1 N–H and O–H groups in total. The summed E-state index contributed by atoms with van der Waals surface area (Å²) in [5, 5.41) is 9.05. The van der Waals surface area contributed by atoms with Crippen molar-refractivity contribution in [3.8, 4) is 0 Å². The normalized spacial score (nSPS) is 12.5. The molecule has 0 spiro atoms. The van der Waals surface area contributed by atoms with Crippen LogP contribution in [0.3, 0.4) is 0 Å². The van der Waals surface area contributed by atoms with Crippen LogP contribution in [-0.2, 0) is 14.3 Å². The van der Waals surface area contributed by atoms with Crippen molar-refractivity contribution in [1.29, 1.82) is 0 Å². The van der Waals surface area contributed by atoms with Gasteiger partial charge in [-0.05, 0) is 6.42 Å². The number of carboxylic acid groups (broad SMARTS) is 1. The van der Waals surface area contributed by atoms with Crippen LogP contribution >= 0.6 is 0 Å². The maximum absolute atomic E-state index is 11.0. The highest BCUT2D eigenvalue weighted by atomic mass is 16.5. The summed E-state index contributed by atoms with van der Waals surface area (Å²) >= 11 is 0. The molecule has 0 saturated heterocycles. The van der Waals surface area contributed by atoms with Crippen LogP contribution in [0.1, 0.15) is 77.6 Å². The van der Waals surface area contributed by atoms with Gasteiger partial charge in [-0.2, -0.15) is 0 Å². The number of carbonyl (C=O) groups is 1. The fourth-order valence-electron chi connectivity index (χ4n) is 2.37. The summed E-state index contributed by atoms with van der Waals surface area (Å²) in [6, 6.07) is 0. The van der Waals surface area contributed by atoms with E-state index in [9.17, 15) is 4.79 Å². The monoisotopic (exact) mass is 302 g/mol. The lowest BCUT2D eigenvalue weighted by Crippen LogP contribution is -2.25. The van der Waals surface area contributed by atoms with Crippen LogP contribution in [0.25, 0.3) is 0 Å². The van der Waals surface area contributed by atoms with Crippen molar-refractivity contribution in [3.05, 3.63) is 0 Å². The zero-order valence-corrected chi connectivity index (χ0v) is 13.9. The van der Waals surface area contributed by atoms with Crippen molar-refractivity contribution >= 4 is 5.97 Å². The molecule has 0 aliphatic carbocycles. The van der Waals surface area contributed by atoms with Crippen LogP contribution < -0.4 is 0 Å². The fraction of sp³-hybridized carbons (Fsp3) is 0.941. The van der Waals surface area contributed by atoms with E-state index in [1.807, 2.05) is 0 Å². The molecule has 0 heterocycles. The van der Waals surface area contributed by atoms with Crippen LogP contribution in [0.4, 0.5) is 0 Å². The number of ether oxygens (including phenoxy) is 2. The van der Waals surface area contributed by atoms with Gasteiger partial charge in [-0.3, -0.25) is 0 Å². The van der Waals surface area contributed by atoms with Gasteiger partial charge in [0.1, 0.15) is 0 Å². The minimum absolute atomic E-state index is 0.352. The van der Waals surface area contributed by atoms with Crippen molar-refractivity contribution in [3.63, 3.8) is 0 Å². The molecule has 4 nitrogen and oxygen atoms in total. The van der Waals surface area contributed by atoms with Gasteiger partial charge in [-0.15, -0.1) is 0 Å². The highest BCUT2D eigenvalue weighted by Crippen LogP contribution is 2.13. The average Bonchev–Trinajstić information content (AvgIpc) is 2.47. The minimum atomic E-state index is -0.859. The second kappa shape index (κ2) is 15.8. The van der Waals surface area contributed by atoms with Crippen LogP contribution in [0.2, 0.25) is 0 Å². The topological polar surface area (TPSA) is 55.8 Å². The Morgan fingerprint density at radius 2 is 1.43 bits per heavy atom. The molecule has 0 aliphatic heterocycles. The number of hydrogen-bond donors (Lipinski definition) is 1. The van der Waals surface area contributed by atoms with E-state index in [0.717, 1.165) is 12.8 Å². The van der Waals surface area contributed by atoms with E-state index in [1.54, 1.807) is 7.11 Å². The van der Waals surface area contributed by atoms with Crippen LogP contribution in [0, 0.1) is 0 Å². The van der Waals surface area contributed by atoms with E-state index in [-0.39, 0.29) is 0 Å². The maximum Gasteiger partial charge on any atom is 0.332 e. The molecule has 0 aromatic rings. The van der Waals surface area contributed by atoms with Gasteiger partial charge in [0.15, 0.2) is 6.10 Å². The predicted octanol–water partition coefficient (Wildman–Crippen LogP) is 4.41. The summed E-state index contributed by atoms with van der Waals surface area (Å²) in [7, 11) is 1.58. The summed E-state index contributed by atoms with van der Waals surface area (Å²) in [5.74, 6) is -0.859. The fourth-order valence-corrected chi connectivity index (χ4v) is 2.37. The third-order valence-corrected chi connectivity index (χ3v) is 3.70. The van der Waals surface area contributed by atoms with E-state index in [2.05, 4.69) is 6.92 Å². The summed E-state index contributed by atoms with van der Waals surface area (Å²) < 4.78 is 10.2. The van der Waals surface area contributed by atoms with Crippen molar-refractivity contribution in [2.75, 3.05) is 20.3 Å². The highest BCUT2D eigenvalue weighted by molar-refractivity contribution is 5.72. The number of rotatable bonds is 16. The number of methoxy groups -OCH3 is 1. The molecule has 0 aromatic carbocycles. The first-order valence-corrected chi connectivity index (χ1v) is 8.55. The molecule has 0 aromatic heterocycles. The minimum Gasteiger partial charge on any atom is -0.479 e. The second-order valence-corrected chi connectivity index (χ2v) is 5.66. The average molecular weight is 302 g/mol. The number of carboxylic acids is 1. The summed E-state index contributed by atoms with van der Waals surface area (Å²) in [5.41, 5.74) is 0. The molecule has 126 valence electrons. The Balaban J connectivity index is 3.39. The lowest BCUT2D eigenvalue weighted by atomic mass is 10.0. The standard InChI is InChI=1S/C17H34O4/c1-3-4-5-6-7-8-9-10-11-12-13-16(17(18)19)21-15-14-20-2/h16H,3-15H2,1-2H3,(H,18,19). The molecule has 1 unspecified atom stereocenters. The zero-order chi connectivity index (χ0) is 15.8. The zero-order valence-electron chi connectivity index (χ0n) is 13.9. The highest BCUT2D eigenvalue weighted by Gasteiger charge is 2.16. The quantitative estimate of drug-likeness (QED) is 0.429. The summed E-state index contributed by atoms with van der Waals surface area (Å²) in [4.78, 5) is 11.0. The number of unbranched alkanes of at least 4 members (excludes halogenated alkanes) is 9. The van der Waals surface area contributed by atoms with Gasteiger partial charge in [0, 0.05) is 7.11 Å². The van der Waals surface area contributed by atoms with E-state index in [4.69, 9.17) is 14.6 Å². The molecule has 0 bridgehead atoms. The van der Waals surface area contributed by atoms with Crippen LogP contribution in [0.5, 0.6) is 0 Å². The Bertz CT molecular complexity index is 231. The SMILES string of the molecule is CCCCCCCCCCCCC(OCCOC)C(=O)O. The first-order valence-electron chi connectivity index (χ1n) is 8.55. The molecule has 0 saturated carbocycles. The van der Waals surface area contributed by atoms with Crippen LogP contribution in [0.15, 0.2) is 0 Å². The molecule has 1 atom stereocenters. The summed E-state index contributed by atoms with van der Waals surface area (Å²) in [6.45, 7) is 3.04. The van der Waals surface area contributed by atoms with Crippen molar-refractivity contribution in [2.24, 2.45) is 0 Å². The van der Waals surface area contributed by atoms with Gasteiger partial charge in [0.25, 0.3) is 0 Å². The Kier molecular flexibility index (Phi) is 15.3. The molecular weight excluding hydrogens is 268 g/mol. The first-order chi connectivity index (χ1) is 10.2. The van der Waals surface area contributed by atoms with Gasteiger partial charge < -0.3 is 14.6 Å². The van der Waals surface area contributed by atoms with Gasteiger partial charge in [-0.1, -0.05) is 71.1 Å². The number of hydrogen-bond acceptors (Lipinski definition) is 3. The van der Waals surface area contributed by atoms with Crippen molar-refractivity contribution in [1.82, 2.24) is 0 Å². The first kappa shape index (κ1) is 20.4. The van der Waals surface area contributed by atoms with Crippen molar-refractivity contribution in [2.45, 2.75) is 83.7 Å². The third kappa shape index (κ3) is 14.1. The van der Waals surface area contributed by atoms with E-state index >= 15 is 0 Å². The lowest BCUT2D eigenvalue weighted by Gasteiger charge is -2.13. The Hall–Kier alpha value is -0.610. The second-order valence-electron chi connectivity index (χ2n) is 5.66. The molecule has 0 rings (SSSR count). The molecule has 0 aliphatic rings. The van der Waals surface area contributed by atoms with Gasteiger partial charge in [0.2, 0.25) is 0 Å². The van der Waals surface area contributed by atoms with E-state index in [1.165, 1.54) is 51.4 Å². The number of aliphatic carboxylic acids is 1. The largest absolute Gasteiger partial charge is 0.479 e.